The Kier molecular flexibility index (Phi) is 8.25. The molecule has 1 amide bonds. The van der Waals surface area contributed by atoms with Crippen molar-refractivity contribution in [2.75, 3.05) is 16.8 Å². The molecule has 2 rings (SSSR count). The first kappa shape index (κ1) is 20.6. The van der Waals surface area contributed by atoms with Crippen molar-refractivity contribution in [1.29, 1.82) is 0 Å². The number of rotatable bonds is 9. The summed E-state index contributed by atoms with van der Waals surface area (Å²) in [5.41, 5.74) is 2.57. The van der Waals surface area contributed by atoms with Crippen molar-refractivity contribution in [3.8, 4) is 0 Å². The van der Waals surface area contributed by atoms with Crippen molar-refractivity contribution in [1.82, 2.24) is 9.97 Å². The molecule has 0 aliphatic carbocycles. The average molecular weight is 392 g/mol. The summed E-state index contributed by atoms with van der Waals surface area (Å²) in [6.45, 7) is 6.38. The highest BCUT2D eigenvalue weighted by molar-refractivity contribution is 7.99. The van der Waals surface area contributed by atoms with Gasteiger partial charge >= 0.3 is 0 Å². The summed E-state index contributed by atoms with van der Waals surface area (Å²) in [4.78, 5) is 31.0. The van der Waals surface area contributed by atoms with E-state index in [1.807, 2.05) is 24.3 Å². The molecule has 7 heteroatoms. The van der Waals surface area contributed by atoms with E-state index in [2.05, 4.69) is 36.1 Å². The zero-order chi connectivity index (χ0) is 18.9. The molecule has 140 valence electrons. The second-order valence-corrected chi connectivity index (χ2v) is 8.28. The van der Waals surface area contributed by atoms with Crippen LogP contribution in [-0.4, -0.2) is 27.4 Å². The van der Waals surface area contributed by atoms with Crippen molar-refractivity contribution in [2.45, 2.75) is 44.0 Å². The zero-order valence-electron chi connectivity index (χ0n) is 15.4. The number of anilines is 1. The van der Waals surface area contributed by atoms with E-state index in [9.17, 15) is 9.59 Å². The number of benzene rings is 1. The Labute approximate surface area is 162 Å². The van der Waals surface area contributed by atoms with Crippen LogP contribution in [0.3, 0.4) is 0 Å². The number of aromatic amines is 1. The molecule has 0 bridgehead atoms. The molecule has 5 nitrogen and oxygen atoms in total. The Bertz CT molecular complexity index is 773. The molecule has 2 aromatic rings. The van der Waals surface area contributed by atoms with Gasteiger partial charge < -0.3 is 10.3 Å². The highest BCUT2D eigenvalue weighted by Crippen LogP contribution is 2.18. The predicted molar refractivity (Wildman–Crippen MR) is 111 cm³/mol. The van der Waals surface area contributed by atoms with Crippen LogP contribution < -0.4 is 10.9 Å². The number of H-pyrrole nitrogens is 1. The lowest BCUT2D eigenvalue weighted by Crippen LogP contribution is -2.15. The van der Waals surface area contributed by atoms with Crippen LogP contribution in [0.2, 0.25) is 0 Å². The molecule has 1 heterocycles. The molecule has 0 saturated heterocycles. The Hall–Kier alpha value is -1.73. The Balaban J connectivity index is 1.89. The number of carbonyl (C=O) groups is 1. The van der Waals surface area contributed by atoms with E-state index in [-0.39, 0.29) is 17.2 Å². The molecule has 1 aromatic carbocycles. The number of carbonyl (C=O) groups excluding carboxylic acids is 1. The van der Waals surface area contributed by atoms with Gasteiger partial charge in [-0.1, -0.05) is 44.7 Å². The molecule has 2 N–H and O–H groups in total. The first-order chi connectivity index (χ1) is 12.5. The largest absolute Gasteiger partial charge is 0.325 e. The Morgan fingerprint density at radius 2 is 2.00 bits per heavy atom. The standard InChI is InChI=1S/C19H25N3O2S2/c1-4-9-25-11-16-10-17(23)22-19(21-16)26-12-18(24)20-15-7-5-14(6-8-15)13(2)3/h5-8,10,13H,4,9,11-12H2,1-3H3,(H,20,24)(H,21,22,23). The lowest BCUT2D eigenvalue weighted by molar-refractivity contribution is -0.113. The van der Waals surface area contributed by atoms with Gasteiger partial charge in [0.15, 0.2) is 5.16 Å². The first-order valence-electron chi connectivity index (χ1n) is 8.68. The lowest BCUT2D eigenvalue weighted by Gasteiger charge is -2.08. The molecule has 0 radical (unpaired) electrons. The molecule has 0 saturated carbocycles. The molecular formula is C19H25N3O2S2. The number of hydrogen-bond donors (Lipinski definition) is 2. The monoisotopic (exact) mass is 391 g/mol. The molecule has 1 aromatic heterocycles. The average Bonchev–Trinajstić information content (AvgIpc) is 2.60. The van der Waals surface area contributed by atoms with Gasteiger partial charge in [0, 0.05) is 17.5 Å². The minimum absolute atomic E-state index is 0.124. The van der Waals surface area contributed by atoms with Crippen molar-refractivity contribution in [2.24, 2.45) is 0 Å². The van der Waals surface area contributed by atoms with Crippen LogP contribution in [0.5, 0.6) is 0 Å². The summed E-state index contributed by atoms with van der Waals surface area (Å²) in [6, 6.07) is 9.37. The van der Waals surface area contributed by atoms with Crippen molar-refractivity contribution < 1.29 is 4.79 Å². The third-order valence-electron chi connectivity index (χ3n) is 3.57. The van der Waals surface area contributed by atoms with Crippen molar-refractivity contribution in [3.63, 3.8) is 0 Å². The van der Waals surface area contributed by atoms with E-state index in [4.69, 9.17) is 0 Å². The van der Waals surface area contributed by atoms with Crippen LogP contribution in [0.1, 0.15) is 44.4 Å². The third-order valence-corrected chi connectivity index (χ3v) is 5.64. The maximum atomic E-state index is 12.1. The maximum absolute atomic E-state index is 12.1. The van der Waals surface area contributed by atoms with E-state index in [1.165, 1.54) is 23.4 Å². The van der Waals surface area contributed by atoms with Gasteiger partial charge in [0.05, 0.1) is 11.4 Å². The topological polar surface area (TPSA) is 74.8 Å². The third kappa shape index (κ3) is 6.88. The van der Waals surface area contributed by atoms with Crippen LogP contribution in [0.4, 0.5) is 5.69 Å². The summed E-state index contributed by atoms with van der Waals surface area (Å²) < 4.78 is 0. The molecule has 0 fully saturated rings. The van der Waals surface area contributed by atoms with Crippen LogP contribution in [0.25, 0.3) is 0 Å². The van der Waals surface area contributed by atoms with E-state index in [0.29, 0.717) is 16.8 Å². The van der Waals surface area contributed by atoms with E-state index in [0.717, 1.165) is 23.6 Å². The second-order valence-electron chi connectivity index (χ2n) is 6.21. The summed E-state index contributed by atoms with van der Waals surface area (Å²) >= 11 is 2.98. The van der Waals surface area contributed by atoms with E-state index in [1.54, 1.807) is 11.8 Å². The highest BCUT2D eigenvalue weighted by Gasteiger charge is 2.08. The highest BCUT2D eigenvalue weighted by atomic mass is 32.2. The zero-order valence-corrected chi connectivity index (χ0v) is 17.0. The molecule has 0 unspecified atom stereocenters. The fraction of sp³-hybridized carbons (Fsp3) is 0.421. The second kappa shape index (κ2) is 10.4. The minimum atomic E-state index is -0.181. The number of nitrogens with zero attached hydrogens (tertiary/aromatic N) is 1. The van der Waals surface area contributed by atoms with Crippen LogP contribution in [-0.2, 0) is 10.5 Å². The number of nitrogens with one attached hydrogen (secondary N) is 2. The van der Waals surface area contributed by atoms with Crippen LogP contribution in [0.15, 0.2) is 40.3 Å². The summed E-state index contributed by atoms with van der Waals surface area (Å²) in [7, 11) is 0. The summed E-state index contributed by atoms with van der Waals surface area (Å²) in [5.74, 6) is 2.27. The van der Waals surface area contributed by atoms with E-state index < -0.39 is 0 Å². The molecule has 0 spiro atoms. The van der Waals surface area contributed by atoms with Gasteiger partial charge in [-0.05, 0) is 35.8 Å². The SMILES string of the molecule is CCCSCc1cc(=O)[nH]c(SCC(=O)Nc2ccc(C(C)C)cc2)n1. The molecule has 0 aliphatic heterocycles. The summed E-state index contributed by atoms with van der Waals surface area (Å²) in [6.07, 6.45) is 1.09. The number of thioether (sulfide) groups is 2. The van der Waals surface area contributed by atoms with Gasteiger partial charge in [0.2, 0.25) is 5.91 Å². The van der Waals surface area contributed by atoms with Crippen molar-refractivity contribution in [3.05, 3.63) is 51.9 Å². The number of aromatic nitrogens is 2. The smallest absolute Gasteiger partial charge is 0.251 e. The van der Waals surface area contributed by atoms with Gasteiger partial charge in [-0.3, -0.25) is 9.59 Å². The van der Waals surface area contributed by atoms with Gasteiger partial charge in [-0.2, -0.15) is 11.8 Å². The molecule has 0 atom stereocenters. The van der Waals surface area contributed by atoms with Gasteiger partial charge in [0.1, 0.15) is 0 Å². The molecule has 26 heavy (non-hydrogen) atoms. The Morgan fingerprint density at radius 3 is 2.65 bits per heavy atom. The fourth-order valence-corrected chi connectivity index (χ4v) is 3.71. The summed E-state index contributed by atoms with van der Waals surface area (Å²) in [5, 5.41) is 3.35. The van der Waals surface area contributed by atoms with Crippen molar-refractivity contribution >= 4 is 35.1 Å². The van der Waals surface area contributed by atoms with Crippen LogP contribution >= 0.6 is 23.5 Å². The number of hydrogen-bond acceptors (Lipinski definition) is 5. The van der Waals surface area contributed by atoms with Gasteiger partial charge in [0.25, 0.3) is 5.56 Å². The minimum Gasteiger partial charge on any atom is -0.325 e. The van der Waals surface area contributed by atoms with Gasteiger partial charge in [-0.15, -0.1) is 0 Å². The number of amides is 1. The fourth-order valence-electron chi connectivity index (χ4n) is 2.23. The quantitative estimate of drug-likeness (QED) is 0.379. The van der Waals surface area contributed by atoms with Gasteiger partial charge in [-0.25, -0.2) is 4.98 Å². The lowest BCUT2D eigenvalue weighted by atomic mass is 10.0. The van der Waals surface area contributed by atoms with Crippen LogP contribution in [0, 0.1) is 0 Å². The molecular weight excluding hydrogens is 366 g/mol. The maximum Gasteiger partial charge on any atom is 0.251 e. The Morgan fingerprint density at radius 1 is 1.27 bits per heavy atom. The van der Waals surface area contributed by atoms with E-state index >= 15 is 0 Å². The molecule has 0 aliphatic rings. The normalized spacial score (nSPS) is 10.9. The first-order valence-corrected chi connectivity index (χ1v) is 10.8. The predicted octanol–water partition coefficient (Wildman–Crippen LogP) is 4.27.